The Hall–Kier alpha value is -1.85. The monoisotopic (exact) mass is 286 g/mol. The molecule has 5 nitrogen and oxygen atoms in total. The van der Waals surface area contributed by atoms with E-state index in [9.17, 15) is 5.11 Å². The Morgan fingerprint density at radius 1 is 1.10 bits per heavy atom. The second-order valence-corrected chi connectivity index (χ2v) is 5.76. The number of likely N-dealkylation sites (N-methyl/N-ethyl adjacent to an activating group) is 1. The summed E-state index contributed by atoms with van der Waals surface area (Å²) in [6.07, 6.45) is 1.96. The van der Waals surface area contributed by atoms with Crippen molar-refractivity contribution >= 4 is 0 Å². The van der Waals surface area contributed by atoms with Crippen LogP contribution in [0, 0.1) is 6.92 Å². The molecule has 1 saturated heterocycles. The van der Waals surface area contributed by atoms with E-state index in [1.54, 1.807) is 12.1 Å². The first kappa shape index (κ1) is 14.1. The third-order valence-corrected chi connectivity index (χ3v) is 4.20. The van der Waals surface area contributed by atoms with Crippen LogP contribution in [0.3, 0.4) is 0 Å². The maximum atomic E-state index is 9.38. The largest absolute Gasteiger partial charge is 0.508 e. The summed E-state index contributed by atoms with van der Waals surface area (Å²) < 4.78 is 1.94. The van der Waals surface area contributed by atoms with E-state index in [0.717, 1.165) is 38.4 Å². The van der Waals surface area contributed by atoms with Crippen LogP contribution < -0.4 is 0 Å². The smallest absolute Gasteiger partial charge is 0.115 e. The lowest BCUT2D eigenvalue weighted by molar-refractivity contribution is 0.148. The predicted octanol–water partition coefficient (Wildman–Crippen LogP) is 1.63. The lowest BCUT2D eigenvalue weighted by Crippen LogP contribution is -2.43. The fourth-order valence-corrected chi connectivity index (χ4v) is 2.70. The van der Waals surface area contributed by atoms with Gasteiger partial charge in [0.15, 0.2) is 0 Å². The van der Waals surface area contributed by atoms with Crippen molar-refractivity contribution in [1.82, 2.24) is 19.6 Å². The molecule has 0 unspecified atom stereocenters. The molecule has 0 spiro atoms. The standard InChI is InChI=1S/C16H22N4O/c1-13-14(12-19-9-7-18(2)8-10-19)11-17-20(13)15-3-5-16(21)6-4-15/h3-6,11,21H,7-10,12H2,1-2H3. The SMILES string of the molecule is Cc1c(CN2CCN(C)CC2)cnn1-c1ccc(O)cc1. The Balaban J connectivity index is 1.75. The van der Waals surface area contributed by atoms with Crippen molar-refractivity contribution in [1.29, 1.82) is 0 Å². The summed E-state index contributed by atoms with van der Waals surface area (Å²) in [7, 11) is 2.17. The predicted molar refractivity (Wildman–Crippen MR) is 82.7 cm³/mol. The molecule has 1 N–H and O–H groups in total. The van der Waals surface area contributed by atoms with Crippen LogP contribution in [0.4, 0.5) is 0 Å². The number of aromatic nitrogens is 2. The van der Waals surface area contributed by atoms with E-state index >= 15 is 0 Å². The molecule has 5 heteroatoms. The van der Waals surface area contributed by atoms with Crippen LogP contribution in [0.1, 0.15) is 11.3 Å². The van der Waals surface area contributed by atoms with Gasteiger partial charge in [0.05, 0.1) is 11.9 Å². The highest BCUT2D eigenvalue weighted by molar-refractivity contribution is 5.38. The van der Waals surface area contributed by atoms with Gasteiger partial charge in [-0.25, -0.2) is 4.68 Å². The van der Waals surface area contributed by atoms with Gasteiger partial charge in [0.2, 0.25) is 0 Å². The Morgan fingerprint density at radius 3 is 2.43 bits per heavy atom. The van der Waals surface area contributed by atoms with Gasteiger partial charge in [-0.1, -0.05) is 0 Å². The third kappa shape index (κ3) is 3.09. The van der Waals surface area contributed by atoms with Crippen LogP contribution in [0.5, 0.6) is 5.75 Å². The Morgan fingerprint density at radius 2 is 1.76 bits per heavy atom. The molecule has 0 saturated carbocycles. The summed E-state index contributed by atoms with van der Waals surface area (Å²) in [5.41, 5.74) is 3.42. The van der Waals surface area contributed by atoms with Gasteiger partial charge in [0.25, 0.3) is 0 Å². The van der Waals surface area contributed by atoms with Gasteiger partial charge in [-0.15, -0.1) is 0 Å². The third-order valence-electron chi connectivity index (χ3n) is 4.20. The van der Waals surface area contributed by atoms with E-state index in [0.29, 0.717) is 0 Å². The van der Waals surface area contributed by atoms with Crippen molar-refractivity contribution in [2.24, 2.45) is 0 Å². The van der Waals surface area contributed by atoms with E-state index in [2.05, 4.69) is 28.9 Å². The number of nitrogens with zero attached hydrogens (tertiary/aromatic N) is 4. The Bertz CT molecular complexity index is 597. The summed E-state index contributed by atoms with van der Waals surface area (Å²) in [4.78, 5) is 4.84. The van der Waals surface area contributed by atoms with E-state index in [1.165, 1.54) is 11.3 Å². The fraction of sp³-hybridized carbons (Fsp3) is 0.438. The number of benzene rings is 1. The molecule has 1 aromatic carbocycles. The Kier molecular flexibility index (Phi) is 3.94. The molecule has 0 radical (unpaired) electrons. The summed E-state index contributed by atoms with van der Waals surface area (Å²) in [5.74, 6) is 0.279. The van der Waals surface area contributed by atoms with Crippen LogP contribution in [0.2, 0.25) is 0 Å². The zero-order valence-corrected chi connectivity index (χ0v) is 12.7. The van der Waals surface area contributed by atoms with Crippen LogP contribution in [-0.4, -0.2) is 57.9 Å². The normalized spacial score (nSPS) is 17.2. The second kappa shape index (κ2) is 5.87. The minimum absolute atomic E-state index is 0.279. The molecule has 2 aromatic rings. The highest BCUT2D eigenvalue weighted by Crippen LogP contribution is 2.18. The average molecular weight is 286 g/mol. The maximum absolute atomic E-state index is 9.38. The second-order valence-electron chi connectivity index (χ2n) is 5.76. The van der Waals surface area contributed by atoms with Crippen molar-refractivity contribution < 1.29 is 5.11 Å². The van der Waals surface area contributed by atoms with Gasteiger partial charge in [-0.3, -0.25) is 4.90 Å². The molecule has 1 fully saturated rings. The molecule has 112 valence electrons. The molecule has 0 atom stereocenters. The molecule has 1 aromatic heterocycles. The van der Waals surface area contributed by atoms with Gasteiger partial charge in [-0.05, 0) is 38.2 Å². The van der Waals surface area contributed by atoms with Gasteiger partial charge in [-0.2, -0.15) is 5.10 Å². The zero-order chi connectivity index (χ0) is 14.8. The van der Waals surface area contributed by atoms with E-state index in [4.69, 9.17) is 0 Å². The summed E-state index contributed by atoms with van der Waals surface area (Å²) in [5, 5.41) is 13.9. The number of rotatable bonds is 3. The van der Waals surface area contributed by atoms with Gasteiger partial charge in [0, 0.05) is 44.0 Å². The van der Waals surface area contributed by atoms with Crippen molar-refractivity contribution in [2.75, 3.05) is 33.2 Å². The summed E-state index contributed by atoms with van der Waals surface area (Å²) in [6, 6.07) is 7.15. The lowest BCUT2D eigenvalue weighted by atomic mass is 10.2. The number of hydrogen-bond donors (Lipinski definition) is 1. The molecule has 0 aliphatic carbocycles. The molecular weight excluding hydrogens is 264 g/mol. The number of phenolic OH excluding ortho intramolecular Hbond substituents is 1. The quantitative estimate of drug-likeness (QED) is 0.931. The number of aromatic hydroxyl groups is 1. The Labute approximate surface area is 125 Å². The van der Waals surface area contributed by atoms with Crippen LogP contribution >= 0.6 is 0 Å². The van der Waals surface area contributed by atoms with Gasteiger partial charge < -0.3 is 10.0 Å². The molecule has 0 bridgehead atoms. The zero-order valence-electron chi connectivity index (χ0n) is 12.7. The average Bonchev–Trinajstić information content (AvgIpc) is 2.84. The lowest BCUT2D eigenvalue weighted by Gasteiger charge is -2.32. The minimum Gasteiger partial charge on any atom is -0.508 e. The molecule has 1 aliphatic heterocycles. The summed E-state index contributed by atoms with van der Waals surface area (Å²) >= 11 is 0. The first-order chi connectivity index (χ1) is 10.1. The molecule has 2 heterocycles. The maximum Gasteiger partial charge on any atom is 0.115 e. The molecule has 21 heavy (non-hydrogen) atoms. The van der Waals surface area contributed by atoms with E-state index < -0.39 is 0 Å². The van der Waals surface area contributed by atoms with Crippen LogP contribution in [-0.2, 0) is 6.54 Å². The number of hydrogen-bond acceptors (Lipinski definition) is 4. The summed E-state index contributed by atoms with van der Waals surface area (Å²) in [6.45, 7) is 7.54. The minimum atomic E-state index is 0.279. The highest BCUT2D eigenvalue weighted by Gasteiger charge is 2.16. The van der Waals surface area contributed by atoms with Gasteiger partial charge >= 0.3 is 0 Å². The fourth-order valence-electron chi connectivity index (χ4n) is 2.70. The van der Waals surface area contributed by atoms with Crippen molar-refractivity contribution in [3.05, 3.63) is 41.7 Å². The van der Waals surface area contributed by atoms with Crippen molar-refractivity contribution in [2.45, 2.75) is 13.5 Å². The molecular formula is C16H22N4O. The first-order valence-corrected chi connectivity index (χ1v) is 7.37. The molecule has 1 aliphatic rings. The van der Waals surface area contributed by atoms with E-state index in [1.807, 2.05) is 23.0 Å². The molecule has 0 amide bonds. The molecule has 3 rings (SSSR count). The first-order valence-electron chi connectivity index (χ1n) is 7.37. The van der Waals surface area contributed by atoms with E-state index in [-0.39, 0.29) is 5.75 Å². The van der Waals surface area contributed by atoms with Crippen LogP contribution in [0.25, 0.3) is 5.69 Å². The number of piperazine rings is 1. The van der Waals surface area contributed by atoms with Crippen LogP contribution in [0.15, 0.2) is 30.5 Å². The topological polar surface area (TPSA) is 44.5 Å². The van der Waals surface area contributed by atoms with Gasteiger partial charge in [0.1, 0.15) is 5.75 Å². The van der Waals surface area contributed by atoms with Crippen molar-refractivity contribution in [3.8, 4) is 11.4 Å². The van der Waals surface area contributed by atoms with Crippen molar-refractivity contribution in [3.63, 3.8) is 0 Å². The highest BCUT2D eigenvalue weighted by atomic mass is 16.3. The number of phenols is 1.